The molecule has 5 nitrogen and oxygen atoms in total. The number of hydrogen-bond donors (Lipinski definition) is 1. The zero-order valence-corrected chi connectivity index (χ0v) is 14.3. The molecule has 22 heavy (non-hydrogen) atoms. The van der Waals surface area contributed by atoms with Crippen LogP contribution in [0.5, 0.6) is 0 Å². The Kier molecular flexibility index (Phi) is 5.75. The van der Waals surface area contributed by atoms with Crippen molar-refractivity contribution in [3.8, 4) is 0 Å². The first-order chi connectivity index (χ1) is 10.5. The molecular formula is C15H19O5PS. The maximum Gasteiger partial charge on any atom is 0.345 e. The van der Waals surface area contributed by atoms with E-state index in [1.54, 1.807) is 19.9 Å². The van der Waals surface area contributed by atoms with E-state index >= 15 is 0 Å². The Hall–Kier alpha value is -1.20. The Morgan fingerprint density at radius 3 is 2.50 bits per heavy atom. The van der Waals surface area contributed by atoms with Crippen molar-refractivity contribution >= 4 is 35.0 Å². The molecule has 1 aromatic carbocycles. The van der Waals surface area contributed by atoms with Crippen LogP contribution in [-0.4, -0.2) is 30.5 Å². The summed E-state index contributed by atoms with van der Waals surface area (Å²) in [6, 6.07) is 7.41. The topological polar surface area (TPSA) is 72.8 Å². The highest BCUT2D eigenvalue weighted by atomic mass is 32.1. The van der Waals surface area contributed by atoms with Crippen molar-refractivity contribution in [2.24, 2.45) is 0 Å². The first-order valence-corrected chi connectivity index (χ1v) is 9.65. The molecule has 0 atom stereocenters. The number of carboxylic acid groups (broad SMARTS) is 1. The normalized spacial score (nSPS) is 11.9. The van der Waals surface area contributed by atoms with Crippen molar-refractivity contribution in [1.29, 1.82) is 0 Å². The van der Waals surface area contributed by atoms with E-state index in [-0.39, 0.29) is 0 Å². The molecule has 1 aromatic heterocycles. The molecular weight excluding hydrogens is 323 g/mol. The van der Waals surface area contributed by atoms with Gasteiger partial charge < -0.3 is 14.2 Å². The van der Waals surface area contributed by atoms with Gasteiger partial charge in [-0.2, -0.15) is 0 Å². The van der Waals surface area contributed by atoms with E-state index in [1.165, 1.54) is 11.3 Å². The largest absolute Gasteiger partial charge is 0.477 e. The van der Waals surface area contributed by atoms with E-state index in [0.29, 0.717) is 30.7 Å². The van der Waals surface area contributed by atoms with Crippen LogP contribution in [0.25, 0.3) is 10.1 Å². The summed E-state index contributed by atoms with van der Waals surface area (Å²) in [6.45, 7) is 4.28. The zero-order chi connectivity index (χ0) is 16.2. The molecule has 2 aromatic rings. The Labute approximate surface area is 133 Å². The highest BCUT2D eigenvalue weighted by Crippen LogP contribution is 2.48. The lowest BCUT2D eigenvalue weighted by Crippen LogP contribution is -2.02. The van der Waals surface area contributed by atoms with Gasteiger partial charge >= 0.3 is 13.6 Å². The summed E-state index contributed by atoms with van der Waals surface area (Å²) in [7, 11) is -3.05. The van der Waals surface area contributed by atoms with Gasteiger partial charge in [-0.1, -0.05) is 12.1 Å². The molecule has 0 bridgehead atoms. The number of carboxylic acids is 1. The molecule has 0 unspecified atom stereocenters. The average molecular weight is 342 g/mol. The summed E-state index contributed by atoms with van der Waals surface area (Å²) in [4.78, 5) is 11.3. The van der Waals surface area contributed by atoms with Gasteiger partial charge in [-0.05, 0) is 43.4 Å². The van der Waals surface area contributed by atoms with Gasteiger partial charge in [-0.15, -0.1) is 11.3 Å². The second-order valence-corrected chi connectivity index (χ2v) is 7.98. The maximum absolute atomic E-state index is 12.4. The Morgan fingerprint density at radius 2 is 1.91 bits per heavy atom. The van der Waals surface area contributed by atoms with Gasteiger partial charge in [0, 0.05) is 4.70 Å². The molecule has 1 heterocycles. The molecule has 1 N–H and O–H groups in total. The lowest BCUT2D eigenvalue weighted by atomic mass is 10.1. The lowest BCUT2D eigenvalue weighted by Gasteiger charge is -2.16. The van der Waals surface area contributed by atoms with Crippen LogP contribution >= 0.6 is 18.9 Å². The first-order valence-electron chi connectivity index (χ1n) is 7.11. The maximum atomic E-state index is 12.4. The predicted octanol–water partition coefficient (Wildman–Crippen LogP) is 4.41. The molecule has 0 amide bonds. The molecule has 0 aliphatic heterocycles. The monoisotopic (exact) mass is 342 g/mol. The minimum Gasteiger partial charge on any atom is -0.477 e. The highest BCUT2D eigenvalue weighted by molar-refractivity contribution is 7.53. The Bertz CT molecular complexity index is 699. The highest BCUT2D eigenvalue weighted by Gasteiger charge is 2.23. The van der Waals surface area contributed by atoms with Gasteiger partial charge in [-0.25, -0.2) is 4.79 Å². The van der Waals surface area contributed by atoms with Crippen molar-refractivity contribution in [1.82, 2.24) is 0 Å². The van der Waals surface area contributed by atoms with E-state index in [4.69, 9.17) is 14.2 Å². The molecule has 2 rings (SSSR count). The summed E-state index contributed by atoms with van der Waals surface area (Å²) in [5.41, 5.74) is 0.988. The molecule has 0 saturated carbocycles. The lowest BCUT2D eigenvalue weighted by molar-refractivity contribution is 0.0702. The van der Waals surface area contributed by atoms with Gasteiger partial charge in [0.15, 0.2) is 0 Å². The van der Waals surface area contributed by atoms with Crippen molar-refractivity contribution in [2.45, 2.75) is 20.3 Å². The first kappa shape index (κ1) is 17.2. The fourth-order valence-electron chi connectivity index (χ4n) is 2.18. The Morgan fingerprint density at radius 1 is 1.23 bits per heavy atom. The van der Waals surface area contributed by atoms with Gasteiger partial charge in [0.05, 0.1) is 19.4 Å². The molecule has 0 aliphatic rings. The van der Waals surface area contributed by atoms with Crippen molar-refractivity contribution < 1.29 is 23.5 Å². The fraction of sp³-hybridized carbons (Fsp3) is 0.400. The molecule has 120 valence electrons. The number of carbonyl (C=O) groups is 1. The van der Waals surface area contributed by atoms with E-state index in [9.17, 15) is 9.36 Å². The van der Waals surface area contributed by atoms with Crippen LogP contribution < -0.4 is 0 Å². The van der Waals surface area contributed by atoms with Gasteiger partial charge in [-0.3, -0.25) is 4.57 Å². The molecule has 0 aliphatic carbocycles. The molecule has 0 saturated heterocycles. The van der Waals surface area contributed by atoms with Crippen LogP contribution in [0, 0.1) is 0 Å². The third-order valence-corrected chi connectivity index (χ3v) is 6.30. The minimum atomic E-state index is -3.05. The molecule has 7 heteroatoms. The van der Waals surface area contributed by atoms with Crippen molar-refractivity contribution in [2.75, 3.05) is 19.4 Å². The summed E-state index contributed by atoms with van der Waals surface area (Å²) >= 11 is 1.25. The molecule has 0 radical (unpaired) electrons. The van der Waals surface area contributed by atoms with Crippen LogP contribution in [0.4, 0.5) is 0 Å². The SMILES string of the molecule is CCOP(=O)(CCc1ccc2sc(C(=O)O)cc2c1)OCC. The summed E-state index contributed by atoms with van der Waals surface area (Å²) in [6.07, 6.45) is 0.877. The zero-order valence-electron chi connectivity index (χ0n) is 12.6. The summed E-state index contributed by atoms with van der Waals surface area (Å²) < 4.78 is 23.9. The number of hydrogen-bond acceptors (Lipinski definition) is 5. The van der Waals surface area contributed by atoms with E-state index in [2.05, 4.69) is 0 Å². The third-order valence-electron chi connectivity index (χ3n) is 3.12. The third kappa shape index (κ3) is 4.17. The standard InChI is InChI=1S/C15H19O5PS/c1-3-19-21(18,20-4-2)8-7-11-5-6-13-12(9-11)10-14(22-13)15(16)17/h5-6,9-10H,3-4,7-8H2,1-2H3,(H,16,17). The number of aromatic carboxylic acids is 1. The van der Waals surface area contributed by atoms with E-state index < -0.39 is 13.6 Å². The summed E-state index contributed by atoms with van der Waals surface area (Å²) in [5, 5.41) is 9.92. The van der Waals surface area contributed by atoms with Gasteiger partial charge in [0.1, 0.15) is 4.88 Å². The number of fused-ring (bicyclic) bond motifs is 1. The number of benzene rings is 1. The van der Waals surface area contributed by atoms with Crippen LogP contribution in [-0.2, 0) is 20.0 Å². The number of rotatable bonds is 8. The average Bonchev–Trinajstić information content (AvgIpc) is 2.89. The smallest absolute Gasteiger partial charge is 0.345 e. The second kappa shape index (κ2) is 7.38. The van der Waals surface area contributed by atoms with E-state index in [1.807, 2.05) is 18.2 Å². The van der Waals surface area contributed by atoms with Crippen LogP contribution in [0.1, 0.15) is 29.1 Å². The second-order valence-electron chi connectivity index (χ2n) is 4.71. The predicted molar refractivity (Wildman–Crippen MR) is 88.2 cm³/mol. The van der Waals surface area contributed by atoms with Crippen molar-refractivity contribution in [3.05, 3.63) is 34.7 Å². The Balaban J connectivity index is 2.14. The van der Waals surface area contributed by atoms with Gasteiger partial charge in [0.25, 0.3) is 0 Å². The van der Waals surface area contributed by atoms with Crippen LogP contribution in [0.15, 0.2) is 24.3 Å². The van der Waals surface area contributed by atoms with Gasteiger partial charge in [0.2, 0.25) is 0 Å². The summed E-state index contributed by atoms with van der Waals surface area (Å²) in [5.74, 6) is -0.917. The molecule has 0 fully saturated rings. The van der Waals surface area contributed by atoms with E-state index in [0.717, 1.165) is 15.6 Å². The minimum absolute atomic E-state index is 0.316. The quantitative estimate of drug-likeness (QED) is 0.720. The number of aryl methyl sites for hydroxylation is 1. The van der Waals surface area contributed by atoms with Crippen LogP contribution in [0.2, 0.25) is 0 Å². The molecule has 0 spiro atoms. The number of thiophene rings is 1. The fourth-order valence-corrected chi connectivity index (χ4v) is 4.71. The van der Waals surface area contributed by atoms with Crippen molar-refractivity contribution in [3.63, 3.8) is 0 Å². The van der Waals surface area contributed by atoms with Crippen LogP contribution in [0.3, 0.4) is 0 Å².